The Hall–Kier alpha value is -1.26. The minimum absolute atomic E-state index is 0.0597. The molecule has 1 N–H and O–H groups in total. The van der Waals surface area contributed by atoms with Crippen molar-refractivity contribution in [2.24, 2.45) is 5.92 Å². The van der Waals surface area contributed by atoms with E-state index in [9.17, 15) is 9.59 Å². The molecule has 3 rings (SSSR count). The van der Waals surface area contributed by atoms with Crippen LogP contribution in [0.5, 0.6) is 0 Å². The number of carboxylic acid groups (broad SMARTS) is 1. The van der Waals surface area contributed by atoms with Crippen LogP contribution in [0.15, 0.2) is 0 Å². The molecule has 0 radical (unpaired) electrons. The van der Waals surface area contributed by atoms with Gasteiger partial charge in [-0.2, -0.15) is 0 Å². The molecule has 0 aromatic carbocycles. The zero-order chi connectivity index (χ0) is 14.8. The quantitative estimate of drug-likeness (QED) is 0.867. The van der Waals surface area contributed by atoms with Gasteiger partial charge < -0.3 is 14.9 Å². The highest BCUT2D eigenvalue weighted by Crippen LogP contribution is 2.37. The van der Waals surface area contributed by atoms with Gasteiger partial charge in [-0.3, -0.25) is 4.79 Å². The average molecular weight is 294 g/mol. The number of hydrogen-bond donors (Lipinski definition) is 1. The predicted octanol–water partition coefficient (Wildman–Crippen LogP) is 2.70. The number of urea groups is 1. The summed E-state index contributed by atoms with van der Waals surface area (Å²) < 4.78 is 0. The molecule has 1 heterocycles. The van der Waals surface area contributed by atoms with Crippen LogP contribution in [0, 0.1) is 5.92 Å². The fourth-order valence-corrected chi connectivity index (χ4v) is 4.06. The smallest absolute Gasteiger partial charge is 0.320 e. The lowest BCUT2D eigenvalue weighted by Gasteiger charge is -2.45. The van der Waals surface area contributed by atoms with Crippen molar-refractivity contribution in [1.29, 1.82) is 0 Å². The third-order valence-electron chi connectivity index (χ3n) is 5.29. The van der Waals surface area contributed by atoms with E-state index >= 15 is 0 Å². The van der Waals surface area contributed by atoms with Gasteiger partial charge >= 0.3 is 12.0 Å². The van der Waals surface area contributed by atoms with Crippen LogP contribution in [-0.4, -0.2) is 52.1 Å². The van der Waals surface area contributed by atoms with Crippen LogP contribution in [0.4, 0.5) is 4.79 Å². The number of amides is 2. The van der Waals surface area contributed by atoms with Crippen LogP contribution in [0.1, 0.15) is 57.8 Å². The number of piperidine rings is 1. The van der Waals surface area contributed by atoms with Gasteiger partial charge in [0.05, 0.1) is 6.42 Å². The molecule has 3 fully saturated rings. The van der Waals surface area contributed by atoms with Crippen LogP contribution in [0.3, 0.4) is 0 Å². The number of carbonyl (C=O) groups is 2. The number of aliphatic carboxylic acids is 1. The van der Waals surface area contributed by atoms with E-state index in [1.54, 1.807) is 0 Å². The molecule has 2 aliphatic carbocycles. The fourth-order valence-electron chi connectivity index (χ4n) is 4.06. The number of carbonyl (C=O) groups excluding carboxylic acids is 1. The van der Waals surface area contributed by atoms with Crippen molar-refractivity contribution >= 4 is 12.0 Å². The largest absolute Gasteiger partial charge is 0.481 e. The summed E-state index contributed by atoms with van der Waals surface area (Å²) in [7, 11) is 0. The Morgan fingerprint density at radius 2 is 1.76 bits per heavy atom. The molecule has 0 aromatic heterocycles. The van der Waals surface area contributed by atoms with E-state index in [-0.39, 0.29) is 12.5 Å². The van der Waals surface area contributed by atoms with E-state index in [4.69, 9.17) is 5.11 Å². The van der Waals surface area contributed by atoms with Crippen molar-refractivity contribution in [3.8, 4) is 0 Å². The van der Waals surface area contributed by atoms with E-state index in [1.807, 2.05) is 4.90 Å². The number of hydrogen-bond acceptors (Lipinski definition) is 2. The van der Waals surface area contributed by atoms with E-state index in [1.165, 1.54) is 25.7 Å². The zero-order valence-electron chi connectivity index (χ0n) is 12.7. The molecular weight excluding hydrogens is 268 g/mol. The molecule has 2 amide bonds. The zero-order valence-corrected chi connectivity index (χ0v) is 12.7. The Balaban J connectivity index is 1.67. The Labute approximate surface area is 126 Å². The minimum Gasteiger partial charge on any atom is -0.481 e. The lowest BCUT2D eigenvalue weighted by molar-refractivity contribution is -0.137. The normalized spacial score (nSPS) is 28.9. The van der Waals surface area contributed by atoms with Gasteiger partial charge in [0.25, 0.3) is 0 Å². The van der Waals surface area contributed by atoms with Gasteiger partial charge in [0, 0.05) is 25.2 Å². The molecule has 2 atom stereocenters. The Morgan fingerprint density at radius 3 is 2.48 bits per heavy atom. The van der Waals surface area contributed by atoms with Gasteiger partial charge in [0.2, 0.25) is 0 Å². The number of likely N-dealkylation sites (tertiary alicyclic amines) is 1. The highest BCUT2D eigenvalue weighted by atomic mass is 16.4. The van der Waals surface area contributed by atoms with Crippen LogP contribution < -0.4 is 0 Å². The average Bonchev–Trinajstić information content (AvgIpc) is 3.31. The van der Waals surface area contributed by atoms with Gasteiger partial charge in [-0.05, 0) is 44.4 Å². The molecule has 1 saturated heterocycles. The molecule has 21 heavy (non-hydrogen) atoms. The first-order valence-electron chi connectivity index (χ1n) is 8.46. The summed E-state index contributed by atoms with van der Waals surface area (Å²) in [5.41, 5.74) is 0. The Kier molecular flexibility index (Phi) is 4.36. The minimum atomic E-state index is -0.817. The molecule has 2 saturated carbocycles. The molecule has 5 heteroatoms. The standard InChI is InChI=1S/C16H26N2O3/c19-15(20)9-11-17(13-7-8-13)16(21)18-10-3-5-12-4-1-2-6-14(12)18/h12-14H,1-11H2,(H,19,20)/t12-,14-/m0/s1. The van der Waals surface area contributed by atoms with Crippen LogP contribution in [0.2, 0.25) is 0 Å². The van der Waals surface area contributed by atoms with Crippen molar-refractivity contribution in [3.05, 3.63) is 0 Å². The van der Waals surface area contributed by atoms with Crippen molar-refractivity contribution in [3.63, 3.8) is 0 Å². The van der Waals surface area contributed by atoms with E-state index in [0.717, 1.165) is 32.2 Å². The molecule has 118 valence electrons. The van der Waals surface area contributed by atoms with E-state index in [2.05, 4.69) is 4.90 Å². The second-order valence-electron chi connectivity index (χ2n) is 6.80. The van der Waals surface area contributed by atoms with Crippen LogP contribution in [0.25, 0.3) is 0 Å². The third kappa shape index (κ3) is 3.33. The molecule has 0 unspecified atom stereocenters. The maximum atomic E-state index is 12.9. The summed E-state index contributed by atoms with van der Waals surface area (Å²) in [6.07, 6.45) is 9.40. The molecule has 0 aromatic rings. The van der Waals surface area contributed by atoms with E-state index in [0.29, 0.717) is 24.5 Å². The first-order valence-corrected chi connectivity index (χ1v) is 8.46. The number of rotatable bonds is 4. The van der Waals surface area contributed by atoms with Gasteiger partial charge in [-0.15, -0.1) is 0 Å². The second-order valence-corrected chi connectivity index (χ2v) is 6.80. The summed E-state index contributed by atoms with van der Waals surface area (Å²) in [5, 5.41) is 8.89. The second kappa shape index (κ2) is 6.24. The first-order chi connectivity index (χ1) is 10.2. The first kappa shape index (κ1) is 14.7. The van der Waals surface area contributed by atoms with Crippen LogP contribution in [-0.2, 0) is 4.79 Å². The van der Waals surface area contributed by atoms with Gasteiger partial charge in [0.15, 0.2) is 0 Å². The predicted molar refractivity (Wildman–Crippen MR) is 79.1 cm³/mol. The number of carboxylic acids is 1. The van der Waals surface area contributed by atoms with Crippen molar-refractivity contribution < 1.29 is 14.7 Å². The van der Waals surface area contributed by atoms with Gasteiger partial charge in [0.1, 0.15) is 0 Å². The monoisotopic (exact) mass is 294 g/mol. The van der Waals surface area contributed by atoms with Crippen molar-refractivity contribution in [1.82, 2.24) is 9.80 Å². The molecular formula is C16H26N2O3. The highest BCUT2D eigenvalue weighted by molar-refractivity contribution is 5.76. The topological polar surface area (TPSA) is 60.9 Å². The maximum Gasteiger partial charge on any atom is 0.320 e. The maximum absolute atomic E-state index is 12.9. The number of nitrogens with zero attached hydrogens (tertiary/aromatic N) is 2. The summed E-state index contributed by atoms with van der Waals surface area (Å²) in [6, 6.07) is 0.808. The summed E-state index contributed by atoms with van der Waals surface area (Å²) in [5.74, 6) is -0.139. The van der Waals surface area contributed by atoms with Crippen molar-refractivity contribution in [2.75, 3.05) is 13.1 Å². The lowest BCUT2D eigenvalue weighted by Crippen LogP contribution is -2.55. The fraction of sp³-hybridized carbons (Fsp3) is 0.875. The summed E-state index contributed by atoms with van der Waals surface area (Å²) in [6.45, 7) is 1.23. The molecule has 5 nitrogen and oxygen atoms in total. The SMILES string of the molecule is O=C(O)CCN(C(=O)N1CCC[C@@H]2CCCC[C@@H]21)C1CC1. The highest BCUT2D eigenvalue weighted by Gasteiger charge is 2.41. The molecule has 0 spiro atoms. The summed E-state index contributed by atoms with van der Waals surface area (Å²) in [4.78, 5) is 27.6. The Morgan fingerprint density at radius 1 is 1.05 bits per heavy atom. The van der Waals surface area contributed by atoms with Crippen molar-refractivity contribution in [2.45, 2.75) is 69.9 Å². The van der Waals surface area contributed by atoms with Gasteiger partial charge in [-0.1, -0.05) is 12.8 Å². The van der Waals surface area contributed by atoms with E-state index < -0.39 is 5.97 Å². The Bertz CT molecular complexity index is 406. The number of fused-ring (bicyclic) bond motifs is 1. The third-order valence-corrected chi connectivity index (χ3v) is 5.29. The molecule has 0 bridgehead atoms. The summed E-state index contributed by atoms with van der Waals surface area (Å²) >= 11 is 0. The molecule has 1 aliphatic heterocycles. The lowest BCUT2D eigenvalue weighted by atomic mass is 9.78. The van der Waals surface area contributed by atoms with Crippen LogP contribution >= 0.6 is 0 Å². The van der Waals surface area contributed by atoms with Gasteiger partial charge in [-0.25, -0.2) is 4.79 Å². The molecule has 3 aliphatic rings.